The molecule has 2 rings (SSSR count). The standard InChI is InChI=1S/C12H23N3O/c1-4-9(2)11-12(16)15(8-13-11)10-5-6-14(3)7-10/h9-11,13H,4-8H2,1-3H3. The number of hydrogen-bond donors (Lipinski definition) is 1. The van der Waals surface area contributed by atoms with Crippen molar-refractivity contribution in [3.8, 4) is 0 Å². The van der Waals surface area contributed by atoms with Gasteiger partial charge >= 0.3 is 0 Å². The van der Waals surface area contributed by atoms with Crippen LogP contribution in [0.3, 0.4) is 0 Å². The first kappa shape index (κ1) is 11.9. The van der Waals surface area contributed by atoms with Crippen molar-refractivity contribution in [2.75, 3.05) is 26.8 Å². The molecule has 4 heteroatoms. The molecule has 3 unspecified atom stereocenters. The molecule has 92 valence electrons. The van der Waals surface area contributed by atoms with Crippen LogP contribution in [0, 0.1) is 5.92 Å². The molecule has 2 aliphatic heterocycles. The molecule has 0 bridgehead atoms. The molecule has 0 radical (unpaired) electrons. The molecule has 4 nitrogen and oxygen atoms in total. The summed E-state index contributed by atoms with van der Waals surface area (Å²) < 4.78 is 0. The number of likely N-dealkylation sites (N-methyl/N-ethyl adjacent to an activating group) is 1. The monoisotopic (exact) mass is 225 g/mol. The average molecular weight is 225 g/mol. The van der Waals surface area contributed by atoms with E-state index in [4.69, 9.17) is 0 Å². The zero-order valence-corrected chi connectivity index (χ0v) is 10.6. The summed E-state index contributed by atoms with van der Waals surface area (Å²) in [6.07, 6.45) is 2.18. The van der Waals surface area contributed by atoms with Gasteiger partial charge in [0.15, 0.2) is 0 Å². The summed E-state index contributed by atoms with van der Waals surface area (Å²) in [4.78, 5) is 16.6. The van der Waals surface area contributed by atoms with Gasteiger partial charge in [-0.05, 0) is 25.9 Å². The maximum atomic E-state index is 12.2. The third-order valence-corrected chi connectivity index (χ3v) is 4.05. The SMILES string of the molecule is CCC(C)C1NCN(C2CCN(C)C2)C1=O. The summed E-state index contributed by atoms with van der Waals surface area (Å²) in [5, 5.41) is 3.36. The zero-order valence-electron chi connectivity index (χ0n) is 10.6. The van der Waals surface area contributed by atoms with Crippen LogP contribution in [0.2, 0.25) is 0 Å². The van der Waals surface area contributed by atoms with Crippen LogP contribution >= 0.6 is 0 Å². The lowest BCUT2D eigenvalue weighted by molar-refractivity contribution is -0.131. The van der Waals surface area contributed by atoms with E-state index in [9.17, 15) is 4.79 Å². The molecule has 0 spiro atoms. The highest BCUT2D eigenvalue weighted by atomic mass is 16.2. The van der Waals surface area contributed by atoms with Gasteiger partial charge in [0.2, 0.25) is 5.91 Å². The van der Waals surface area contributed by atoms with E-state index in [1.165, 1.54) is 0 Å². The first-order chi connectivity index (χ1) is 7.63. The summed E-state index contributed by atoms with van der Waals surface area (Å²) in [5.41, 5.74) is 0. The molecule has 1 N–H and O–H groups in total. The van der Waals surface area contributed by atoms with Gasteiger partial charge in [-0.2, -0.15) is 0 Å². The van der Waals surface area contributed by atoms with Crippen LogP contribution in [0.15, 0.2) is 0 Å². The summed E-state index contributed by atoms with van der Waals surface area (Å²) in [5.74, 6) is 0.756. The zero-order chi connectivity index (χ0) is 11.7. The lowest BCUT2D eigenvalue weighted by Crippen LogP contribution is -2.41. The Morgan fingerprint density at radius 2 is 2.31 bits per heavy atom. The topological polar surface area (TPSA) is 35.6 Å². The maximum absolute atomic E-state index is 12.2. The van der Waals surface area contributed by atoms with Crippen LogP contribution in [0.5, 0.6) is 0 Å². The molecule has 2 aliphatic rings. The number of nitrogens with one attached hydrogen (secondary N) is 1. The fraction of sp³-hybridized carbons (Fsp3) is 0.917. The van der Waals surface area contributed by atoms with E-state index in [1.807, 2.05) is 4.90 Å². The van der Waals surface area contributed by atoms with Gasteiger partial charge in [0.1, 0.15) is 0 Å². The molecule has 0 saturated carbocycles. The third-order valence-electron chi connectivity index (χ3n) is 4.05. The molecule has 2 fully saturated rings. The molecule has 2 saturated heterocycles. The number of amides is 1. The van der Waals surface area contributed by atoms with Crippen molar-refractivity contribution in [2.45, 2.75) is 38.8 Å². The molecule has 0 aromatic carbocycles. The Bertz CT molecular complexity index is 269. The number of hydrogen-bond acceptors (Lipinski definition) is 3. The van der Waals surface area contributed by atoms with Gasteiger partial charge in [0.25, 0.3) is 0 Å². The number of nitrogens with zero attached hydrogens (tertiary/aromatic N) is 2. The molecule has 16 heavy (non-hydrogen) atoms. The molecule has 2 heterocycles. The van der Waals surface area contributed by atoms with Crippen molar-refractivity contribution in [1.29, 1.82) is 0 Å². The Morgan fingerprint density at radius 1 is 1.56 bits per heavy atom. The van der Waals surface area contributed by atoms with Crippen LogP contribution in [0.4, 0.5) is 0 Å². The van der Waals surface area contributed by atoms with Crippen molar-refractivity contribution in [3.05, 3.63) is 0 Å². The van der Waals surface area contributed by atoms with E-state index in [2.05, 4.69) is 31.1 Å². The quantitative estimate of drug-likeness (QED) is 0.759. The first-order valence-electron chi connectivity index (χ1n) is 6.36. The van der Waals surface area contributed by atoms with Gasteiger partial charge in [-0.15, -0.1) is 0 Å². The van der Waals surface area contributed by atoms with Gasteiger partial charge in [-0.1, -0.05) is 20.3 Å². The van der Waals surface area contributed by atoms with E-state index >= 15 is 0 Å². The molecular formula is C12H23N3O. The smallest absolute Gasteiger partial charge is 0.241 e. The molecule has 0 aromatic rings. The van der Waals surface area contributed by atoms with Crippen LogP contribution in [-0.4, -0.2) is 54.6 Å². The van der Waals surface area contributed by atoms with Gasteiger partial charge in [0, 0.05) is 12.6 Å². The second kappa shape index (κ2) is 4.72. The highest BCUT2D eigenvalue weighted by Gasteiger charge is 2.39. The highest BCUT2D eigenvalue weighted by Crippen LogP contribution is 2.21. The minimum atomic E-state index is 0.0518. The maximum Gasteiger partial charge on any atom is 0.241 e. The second-order valence-corrected chi connectivity index (χ2v) is 5.24. The summed E-state index contributed by atoms with van der Waals surface area (Å²) in [6, 6.07) is 0.481. The number of carbonyl (C=O) groups is 1. The average Bonchev–Trinajstić information content (AvgIpc) is 2.83. The molecule has 1 amide bonds. The van der Waals surface area contributed by atoms with Crippen molar-refractivity contribution < 1.29 is 4.79 Å². The van der Waals surface area contributed by atoms with Gasteiger partial charge in [-0.25, -0.2) is 0 Å². The van der Waals surface area contributed by atoms with Crippen molar-refractivity contribution in [3.63, 3.8) is 0 Å². The lowest BCUT2D eigenvalue weighted by Gasteiger charge is -2.24. The molecule has 3 atom stereocenters. The Morgan fingerprint density at radius 3 is 2.88 bits per heavy atom. The van der Waals surface area contributed by atoms with Gasteiger partial charge in [0.05, 0.1) is 12.7 Å². The predicted molar refractivity (Wildman–Crippen MR) is 64.0 cm³/mol. The highest BCUT2D eigenvalue weighted by molar-refractivity contribution is 5.84. The second-order valence-electron chi connectivity index (χ2n) is 5.24. The van der Waals surface area contributed by atoms with E-state index in [-0.39, 0.29) is 6.04 Å². The molecule has 0 aliphatic carbocycles. The number of rotatable bonds is 3. The van der Waals surface area contributed by atoms with E-state index in [0.29, 0.717) is 17.9 Å². The van der Waals surface area contributed by atoms with Gasteiger partial charge < -0.3 is 9.80 Å². The lowest BCUT2D eigenvalue weighted by atomic mass is 9.99. The van der Waals surface area contributed by atoms with Crippen molar-refractivity contribution in [1.82, 2.24) is 15.1 Å². The largest absolute Gasteiger partial charge is 0.324 e. The number of likely N-dealkylation sites (tertiary alicyclic amines) is 1. The van der Waals surface area contributed by atoms with Crippen molar-refractivity contribution in [2.24, 2.45) is 5.92 Å². The van der Waals surface area contributed by atoms with E-state index < -0.39 is 0 Å². The van der Waals surface area contributed by atoms with Crippen LogP contribution < -0.4 is 5.32 Å². The van der Waals surface area contributed by atoms with E-state index in [0.717, 1.165) is 32.6 Å². The van der Waals surface area contributed by atoms with Crippen LogP contribution in [0.1, 0.15) is 26.7 Å². The Hall–Kier alpha value is -0.610. The minimum absolute atomic E-state index is 0.0518. The third kappa shape index (κ3) is 2.09. The van der Waals surface area contributed by atoms with Gasteiger partial charge in [-0.3, -0.25) is 10.1 Å². The minimum Gasteiger partial charge on any atom is -0.324 e. The molecule has 0 aromatic heterocycles. The summed E-state index contributed by atoms with van der Waals surface area (Å²) in [7, 11) is 2.13. The Kier molecular flexibility index (Phi) is 3.50. The van der Waals surface area contributed by atoms with Crippen molar-refractivity contribution >= 4 is 5.91 Å². The first-order valence-corrected chi connectivity index (χ1v) is 6.36. The summed E-state index contributed by atoms with van der Waals surface area (Å²) in [6.45, 7) is 7.18. The Balaban J connectivity index is 1.96. The number of carbonyl (C=O) groups excluding carboxylic acids is 1. The fourth-order valence-corrected chi connectivity index (χ4v) is 2.70. The normalized spacial score (nSPS) is 33.7. The Labute approximate surface area is 98.0 Å². The molecular weight excluding hydrogens is 202 g/mol. The van der Waals surface area contributed by atoms with Crippen LogP contribution in [-0.2, 0) is 4.79 Å². The van der Waals surface area contributed by atoms with Crippen LogP contribution in [0.25, 0.3) is 0 Å². The summed E-state index contributed by atoms with van der Waals surface area (Å²) >= 11 is 0. The fourth-order valence-electron chi connectivity index (χ4n) is 2.70. The van der Waals surface area contributed by atoms with E-state index in [1.54, 1.807) is 0 Å². The predicted octanol–water partition coefficient (Wildman–Crippen LogP) is 0.495.